The summed E-state index contributed by atoms with van der Waals surface area (Å²) in [5.41, 5.74) is 0.718. The van der Waals surface area contributed by atoms with E-state index in [1.807, 2.05) is 12.1 Å². The Hall–Kier alpha value is -0.480. The SMILES string of the molecule is Fc1nc2ccc(Br)cc2s1. The Bertz CT molecular complexity index is 398. The van der Waals surface area contributed by atoms with Gasteiger partial charge in [0, 0.05) is 4.47 Å². The average Bonchev–Trinajstić information content (AvgIpc) is 2.27. The molecule has 0 aliphatic carbocycles. The first kappa shape index (κ1) is 7.18. The van der Waals surface area contributed by atoms with E-state index in [1.165, 1.54) is 0 Å². The van der Waals surface area contributed by atoms with Crippen LogP contribution in [0.15, 0.2) is 22.7 Å². The van der Waals surface area contributed by atoms with Crippen LogP contribution >= 0.6 is 27.3 Å². The average molecular weight is 232 g/mol. The molecule has 56 valence electrons. The van der Waals surface area contributed by atoms with Crippen LogP contribution in [0.1, 0.15) is 0 Å². The van der Waals surface area contributed by atoms with Crippen molar-refractivity contribution >= 4 is 37.5 Å². The summed E-state index contributed by atoms with van der Waals surface area (Å²) in [7, 11) is 0. The van der Waals surface area contributed by atoms with Crippen molar-refractivity contribution in [1.29, 1.82) is 0 Å². The fourth-order valence-corrected chi connectivity index (χ4v) is 2.11. The van der Waals surface area contributed by atoms with E-state index in [-0.39, 0.29) is 5.26 Å². The lowest BCUT2D eigenvalue weighted by Crippen LogP contribution is -1.67. The zero-order chi connectivity index (χ0) is 7.84. The highest BCUT2D eigenvalue weighted by Gasteiger charge is 2.01. The van der Waals surface area contributed by atoms with E-state index < -0.39 is 0 Å². The number of rotatable bonds is 0. The van der Waals surface area contributed by atoms with Crippen molar-refractivity contribution in [3.63, 3.8) is 0 Å². The minimum absolute atomic E-state index is 0.377. The maximum atomic E-state index is 12.5. The van der Waals surface area contributed by atoms with E-state index >= 15 is 0 Å². The highest BCUT2D eigenvalue weighted by Crippen LogP contribution is 2.24. The van der Waals surface area contributed by atoms with Gasteiger partial charge in [0.25, 0.3) is 5.26 Å². The first-order valence-corrected chi connectivity index (χ1v) is 4.58. The van der Waals surface area contributed by atoms with Gasteiger partial charge in [-0.15, -0.1) is 0 Å². The summed E-state index contributed by atoms with van der Waals surface area (Å²) in [5, 5.41) is -0.377. The summed E-state index contributed by atoms with van der Waals surface area (Å²) >= 11 is 4.36. The van der Waals surface area contributed by atoms with E-state index in [0.29, 0.717) is 0 Å². The summed E-state index contributed by atoms with van der Waals surface area (Å²) in [5.74, 6) is 0. The molecule has 2 aromatic rings. The Balaban J connectivity index is 2.82. The molecule has 0 aliphatic heterocycles. The first-order valence-electron chi connectivity index (χ1n) is 2.97. The molecule has 0 saturated carbocycles. The van der Waals surface area contributed by atoms with Gasteiger partial charge >= 0.3 is 0 Å². The monoisotopic (exact) mass is 231 g/mol. The molecule has 0 radical (unpaired) electrons. The Labute approximate surface area is 75.0 Å². The van der Waals surface area contributed by atoms with Gasteiger partial charge in [0.1, 0.15) is 0 Å². The van der Waals surface area contributed by atoms with Gasteiger partial charge < -0.3 is 0 Å². The van der Waals surface area contributed by atoms with Crippen molar-refractivity contribution in [3.8, 4) is 0 Å². The van der Waals surface area contributed by atoms with Gasteiger partial charge in [0.05, 0.1) is 10.2 Å². The van der Waals surface area contributed by atoms with E-state index in [1.54, 1.807) is 6.07 Å². The van der Waals surface area contributed by atoms with E-state index in [0.717, 1.165) is 26.0 Å². The van der Waals surface area contributed by atoms with Crippen molar-refractivity contribution in [2.75, 3.05) is 0 Å². The number of thiazole rings is 1. The van der Waals surface area contributed by atoms with Gasteiger partial charge in [0.15, 0.2) is 0 Å². The third-order valence-electron chi connectivity index (χ3n) is 1.32. The lowest BCUT2D eigenvalue weighted by molar-refractivity contribution is 0.620. The van der Waals surface area contributed by atoms with E-state index in [4.69, 9.17) is 0 Å². The Kier molecular flexibility index (Phi) is 1.65. The van der Waals surface area contributed by atoms with Crippen LogP contribution in [-0.2, 0) is 0 Å². The molecule has 1 aromatic carbocycles. The molecule has 0 bridgehead atoms. The first-order chi connectivity index (χ1) is 5.25. The fourth-order valence-electron chi connectivity index (χ4n) is 0.870. The smallest absolute Gasteiger partial charge is 0.209 e. The van der Waals surface area contributed by atoms with Crippen molar-refractivity contribution < 1.29 is 4.39 Å². The van der Waals surface area contributed by atoms with Crippen LogP contribution < -0.4 is 0 Å². The predicted octanol–water partition coefficient (Wildman–Crippen LogP) is 3.20. The standard InChI is InChI=1S/C7H3BrFNS/c8-4-1-2-5-6(3-4)11-7(9)10-5/h1-3H. The lowest BCUT2D eigenvalue weighted by Gasteiger charge is -1.86. The molecule has 0 saturated heterocycles. The summed E-state index contributed by atoms with van der Waals surface area (Å²) in [6.45, 7) is 0. The quantitative estimate of drug-likeness (QED) is 0.679. The topological polar surface area (TPSA) is 12.9 Å². The summed E-state index contributed by atoms with van der Waals surface area (Å²) in [6.07, 6.45) is 0. The Morgan fingerprint density at radius 2 is 2.27 bits per heavy atom. The van der Waals surface area contributed by atoms with Crippen LogP contribution in [-0.4, -0.2) is 4.98 Å². The van der Waals surface area contributed by atoms with Gasteiger partial charge in [-0.3, -0.25) is 0 Å². The van der Waals surface area contributed by atoms with Crippen LogP contribution in [0.2, 0.25) is 0 Å². The zero-order valence-corrected chi connectivity index (χ0v) is 7.75. The maximum Gasteiger partial charge on any atom is 0.270 e. The third kappa shape index (κ3) is 1.28. The number of aromatic nitrogens is 1. The molecule has 0 fully saturated rings. The van der Waals surface area contributed by atoms with Gasteiger partial charge in [-0.2, -0.15) is 4.39 Å². The fraction of sp³-hybridized carbons (Fsp3) is 0. The molecule has 1 heterocycles. The minimum Gasteiger partial charge on any atom is -0.209 e. The molecule has 11 heavy (non-hydrogen) atoms. The highest BCUT2D eigenvalue weighted by atomic mass is 79.9. The second-order valence-electron chi connectivity index (χ2n) is 2.08. The van der Waals surface area contributed by atoms with Gasteiger partial charge in [-0.1, -0.05) is 27.3 Å². The molecule has 4 heteroatoms. The van der Waals surface area contributed by atoms with Gasteiger partial charge in [-0.05, 0) is 18.2 Å². The third-order valence-corrected chi connectivity index (χ3v) is 2.62. The molecule has 0 unspecified atom stereocenters. The summed E-state index contributed by atoms with van der Waals surface area (Å²) in [4.78, 5) is 3.69. The van der Waals surface area contributed by atoms with Crippen LogP contribution in [0.4, 0.5) is 4.39 Å². The lowest BCUT2D eigenvalue weighted by atomic mass is 10.3. The van der Waals surface area contributed by atoms with E-state index in [9.17, 15) is 4.39 Å². The van der Waals surface area contributed by atoms with Crippen molar-refractivity contribution in [3.05, 3.63) is 27.9 Å². The predicted molar refractivity (Wildman–Crippen MR) is 47.3 cm³/mol. The largest absolute Gasteiger partial charge is 0.270 e. The second kappa shape index (κ2) is 2.53. The molecular formula is C7H3BrFNS. The Morgan fingerprint density at radius 1 is 1.45 bits per heavy atom. The minimum atomic E-state index is -0.377. The molecule has 0 atom stereocenters. The molecule has 0 N–H and O–H groups in total. The number of hydrogen-bond acceptors (Lipinski definition) is 2. The van der Waals surface area contributed by atoms with Crippen molar-refractivity contribution in [2.45, 2.75) is 0 Å². The second-order valence-corrected chi connectivity index (χ2v) is 3.98. The van der Waals surface area contributed by atoms with Crippen molar-refractivity contribution in [2.24, 2.45) is 0 Å². The number of nitrogens with zero attached hydrogens (tertiary/aromatic N) is 1. The van der Waals surface area contributed by atoms with Gasteiger partial charge in [-0.25, -0.2) is 4.98 Å². The number of halogens is 2. The molecule has 1 nitrogen and oxygen atoms in total. The number of fused-ring (bicyclic) bond motifs is 1. The van der Waals surface area contributed by atoms with Gasteiger partial charge in [0.2, 0.25) is 0 Å². The molecular weight excluding hydrogens is 229 g/mol. The normalized spacial score (nSPS) is 10.7. The summed E-state index contributed by atoms with van der Waals surface area (Å²) in [6, 6.07) is 5.50. The number of benzene rings is 1. The van der Waals surface area contributed by atoms with E-state index in [2.05, 4.69) is 20.9 Å². The van der Waals surface area contributed by atoms with Crippen LogP contribution in [0.25, 0.3) is 10.2 Å². The molecule has 2 rings (SSSR count). The molecule has 0 aliphatic rings. The van der Waals surface area contributed by atoms with Crippen LogP contribution in [0.3, 0.4) is 0 Å². The van der Waals surface area contributed by atoms with Crippen LogP contribution in [0, 0.1) is 5.26 Å². The summed E-state index contributed by atoms with van der Waals surface area (Å²) < 4.78 is 14.4. The molecule has 0 spiro atoms. The number of hydrogen-bond donors (Lipinski definition) is 0. The van der Waals surface area contributed by atoms with Crippen molar-refractivity contribution in [1.82, 2.24) is 4.98 Å². The van der Waals surface area contributed by atoms with Crippen LogP contribution in [0.5, 0.6) is 0 Å². The molecule has 0 amide bonds. The Morgan fingerprint density at radius 3 is 3.09 bits per heavy atom. The molecule has 1 aromatic heterocycles. The highest BCUT2D eigenvalue weighted by molar-refractivity contribution is 9.10. The zero-order valence-electron chi connectivity index (χ0n) is 5.34. The maximum absolute atomic E-state index is 12.5.